The van der Waals surface area contributed by atoms with Crippen LogP contribution in [-0.2, 0) is 12.8 Å². The predicted molar refractivity (Wildman–Crippen MR) is 97.7 cm³/mol. The van der Waals surface area contributed by atoms with Gasteiger partial charge in [0.1, 0.15) is 17.5 Å². The number of likely N-dealkylation sites (N-methyl/N-ethyl adjacent to an activating group) is 1. The lowest BCUT2D eigenvalue weighted by Gasteiger charge is -2.26. The molecule has 1 aromatic heterocycles. The molecular formula is C17H18ClFN6. The van der Waals surface area contributed by atoms with E-state index in [0.29, 0.717) is 11.5 Å². The third kappa shape index (κ3) is 3.61. The summed E-state index contributed by atoms with van der Waals surface area (Å²) in [5, 5.41) is 16.1. The highest BCUT2D eigenvalue weighted by molar-refractivity contribution is 6.28. The average Bonchev–Trinajstić information content (AvgIpc) is 3.02. The van der Waals surface area contributed by atoms with Crippen LogP contribution in [0, 0.1) is 16.6 Å². The molecule has 0 amide bonds. The van der Waals surface area contributed by atoms with Crippen LogP contribution < -0.4 is 9.80 Å². The van der Waals surface area contributed by atoms with E-state index in [1.54, 1.807) is 12.1 Å². The summed E-state index contributed by atoms with van der Waals surface area (Å²) in [6, 6.07) is 5.82. The molecule has 0 unspecified atom stereocenters. The molecule has 2 N–H and O–H groups in total. The van der Waals surface area contributed by atoms with Crippen LogP contribution in [0.2, 0.25) is 5.28 Å². The number of halogens is 2. The molecular weight excluding hydrogens is 343 g/mol. The van der Waals surface area contributed by atoms with E-state index in [0.717, 1.165) is 36.9 Å². The Morgan fingerprint density at radius 1 is 1.36 bits per heavy atom. The van der Waals surface area contributed by atoms with Crippen molar-refractivity contribution in [1.82, 2.24) is 9.97 Å². The minimum atomic E-state index is -0.411. The van der Waals surface area contributed by atoms with E-state index >= 15 is 0 Å². The molecule has 0 aliphatic heterocycles. The maximum absolute atomic E-state index is 13.4. The third-order valence-corrected chi connectivity index (χ3v) is 4.31. The molecule has 6 nitrogen and oxygen atoms in total. The van der Waals surface area contributed by atoms with Gasteiger partial charge in [-0.3, -0.25) is 15.7 Å². The molecule has 0 fully saturated rings. The van der Waals surface area contributed by atoms with Crippen LogP contribution in [0.4, 0.5) is 15.9 Å². The lowest BCUT2D eigenvalue weighted by molar-refractivity contribution is 0.628. The van der Waals surface area contributed by atoms with E-state index in [4.69, 9.17) is 22.4 Å². The highest BCUT2D eigenvalue weighted by Crippen LogP contribution is 2.29. The van der Waals surface area contributed by atoms with Crippen molar-refractivity contribution in [3.8, 4) is 0 Å². The fourth-order valence-corrected chi connectivity index (χ4v) is 3.19. The Labute approximate surface area is 150 Å². The van der Waals surface area contributed by atoms with Crippen LogP contribution in [0.25, 0.3) is 0 Å². The van der Waals surface area contributed by atoms with Gasteiger partial charge < -0.3 is 4.90 Å². The van der Waals surface area contributed by atoms with Gasteiger partial charge in [0.05, 0.1) is 24.3 Å². The van der Waals surface area contributed by atoms with E-state index in [1.807, 2.05) is 11.9 Å². The van der Waals surface area contributed by atoms with E-state index in [-0.39, 0.29) is 17.7 Å². The number of benzene rings is 1. The number of amidine groups is 1. The molecule has 1 aliphatic rings. The molecule has 8 heteroatoms. The lowest BCUT2D eigenvalue weighted by atomic mass is 10.2. The number of rotatable bonds is 5. The predicted octanol–water partition coefficient (Wildman–Crippen LogP) is 3.28. The van der Waals surface area contributed by atoms with Crippen LogP contribution in [-0.4, -0.2) is 35.7 Å². The molecule has 1 heterocycles. The van der Waals surface area contributed by atoms with Crippen molar-refractivity contribution >= 4 is 35.3 Å². The topological polar surface area (TPSA) is 80.0 Å². The molecule has 25 heavy (non-hydrogen) atoms. The van der Waals surface area contributed by atoms with Crippen LogP contribution in [0.5, 0.6) is 0 Å². The standard InChI is InChI=1S/C17H18ClFN6/c1-24(16-13-6-3-7-14(13)22-17(18)23-16)9-15(21)25(10-20)12-5-2-4-11(19)8-12/h2,4-5,8,10,20-21H,3,6-7,9H2,1H3. The highest BCUT2D eigenvalue weighted by Gasteiger charge is 2.22. The second kappa shape index (κ2) is 7.14. The summed E-state index contributed by atoms with van der Waals surface area (Å²) >= 11 is 6.02. The van der Waals surface area contributed by atoms with Crippen molar-refractivity contribution in [2.45, 2.75) is 19.3 Å². The fraction of sp³-hybridized carbons (Fsp3) is 0.294. The number of anilines is 2. The van der Waals surface area contributed by atoms with Crippen LogP contribution in [0.15, 0.2) is 24.3 Å². The number of hydrogen-bond acceptors (Lipinski definition) is 5. The average molecular weight is 361 g/mol. The monoisotopic (exact) mass is 360 g/mol. The Morgan fingerprint density at radius 3 is 2.88 bits per heavy atom. The highest BCUT2D eigenvalue weighted by atomic mass is 35.5. The molecule has 0 saturated carbocycles. The number of fused-ring (bicyclic) bond motifs is 1. The Morgan fingerprint density at radius 2 is 2.16 bits per heavy atom. The Balaban J connectivity index is 1.82. The van der Waals surface area contributed by atoms with Crippen LogP contribution in [0.1, 0.15) is 17.7 Å². The minimum absolute atomic E-state index is 0.129. The number of nitrogens with one attached hydrogen (secondary N) is 2. The second-order valence-corrected chi connectivity index (χ2v) is 6.21. The van der Waals surface area contributed by atoms with Crippen molar-refractivity contribution in [3.05, 3.63) is 46.6 Å². The van der Waals surface area contributed by atoms with Gasteiger partial charge in [-0.1, -0.05) is 6.07 Å². The molecule has 2 aromatic rings. The van der Waals surface area contributed by atoms with Crippen LogP contribution in [0.3, 0.4) is 0 Å². The van der Waals surface area contributed by atoms with E-state index in [9.17, 15) is 4.39 Å². The van der Waals surface area contributed by atoms with Crippen molar-refractivity contribution in [1.29, 1.82) is 10.8 Å². The summed E-state index contributed by atoms with van der Waals surface area (Å²) in [6.45, 7) is 0.200. The Hall–Kier alpha value is -2.54. The summed E-state index contributed by atoms with van der Waals surface area (Å²) in [4.78, 5) is 11.7. The van der Waals surface area contributed by atoms with Gasteiger partial charge in [0.25, 0.3) is 0 Å². The quantitative estimate of drug-likeness (QED) is 0.487. The van der Waals surface area contributed by atoms with Gasteiger partial charge in [-0.15, -0.1) is 0 Å². The van der Waals surface area contributed by atoms with E-state index in [2.05, 4.69) is 9.97 Å². The van der Waals surface area contributed by atoms with E-state index < -0.39 is 5.82 Å². The minimum Gasteiger partial charge on any atom is -0.352 e. The summed E-state index contributed by atoms with van der Waals surface area (Å²) in [5.74, 6) is 0.428. The lowest BCUT2D eigenvalue weighted by Crippen LogP contribution is -2.38. The molecule has 0 radical (unpaired) electrons. The number of hydrogen-bond donors (Lipinski definition) is 2. The number of aryl methyl sites for hydroxylation is 1. The summed E-state index contributed by atoms with van der Waals surface area (Å²) in [5.41, 5.74) is 2.45. The molecule has 0 bridgehead atoms. The van der Waals surface area contributed by atoms with Gasteiger partial charge in [0.15, 0.2) is 0 Å². The molecule has 1 aromatic carbocycles. The van der Waals surface area contributed by atoms with Gasteiger partial charge in [-0.2, -0.15) is 0 Å². The van der Waals surface area contributed by atoms with Gasteiger partial charge in [0.2, 0.25) is 5.28 Å². The first-order chi connectivity index (χ1) is 12.0. The number of aromatic nitrogens is 2. The first-order valence-electron chi connectivity index (χ1n) is 7.89. The van der Waals surface area contributed by atoms with Gasteiger partial charge in [-0.25, -0.2) is 14.4 Å². The van der Waals surface area contributed by atoms with Gasteiger partial charge >= 0.3 is 0 Å². The maximum Gasteiger partial charge on any atom is 0.224 e. The zero-order chi connectivity index (χ0) is 18.0. The fourth-order valence-electron chi connectivity index (χ4n) is 3.01. The zero-order valence-electron chi connectivity index (χ0n) is 13.8. The van der Waals surface area contributed by atoms with E-state index in [1.165, 1.54) is 17.0 Å². The summed E-state index contributed by atoms with van der Waals surface area (Å²) in [6.07, 6.45) is 3.78. The van der Waals surface area contributed by atoms with Crippen molar-refractivity contribution in [2.75, 3.05) is 23.4 Å². The van der Waals surface area contributed by atoms with Crippen molar-refractivity contribution in [2.24, 2.45) is 0 Å². The Bertz CT molecular complexity index is 825. The molecule has 3 rings (SSSR count). The molecule has 130 valence electrons. The first kappa shape index (κ1) is 17.3. The third-order valence-electron chi connectivity index (χ3n) is 4.14. The van der Waals surface area contributed by atoms with Crippen LogP contribution >= 0.6 is 11.6 Å². The normalized spacial score (nSPS) is 12.6. The number of nitrogens with zero attached hydrogens (tertiary/aromatic N) is 4. The molecule has 0 atom stereocenters. The zero-order valence-corrected chi connectivity index (χ0v) is 14.5. The Kier molecular flexibility index (Phi) is 4.94. The largest absolute Gasteiger partial charge is 0.352 e. The maximum atomic E-state index is 13.4. The summed E-state index contributed by atoms with van der Waals surface area (Å²) < 4.78 is 13.4. The molecule has 0 spiro atoms. The van der Waals surface area contributed by atoms with Gasteiger partial charge in [-0.05, 0) is 49.1 Å². The summed E-state index contributed by atoms with van der Waals surface area (Å²) in [7, 11) is 1.82. The first-order valence-corrected chi connectivity index (χ1v) is 8.26. The smallest absolute Gasteiger partial charge is 0.224 e. The van der Waals surface area contributed by atoms with Crippen molar-refractivity contribution < 1.29 is 4.39 Å². The molecule has 0 saturated heterocycles. The van der Waals surface area contributed by atoms with Gasteiger partial charge in [0, 0.05) is 12.6 Å². The second-order valence-electron chi connectivity index (χ2n) is 5.88. The SMILES string of the molecule is CN(CC(=N)N(C=N)c1cccc(F)c1)c1nc(Cl)nc2c1CCC2. The van der Waals surface area contributed by atoms with Crippen molar-refractivity contribution in [3.63, 3.8) is 0 Å². The molecule has 1 aliphatic carbocycles.